The smallest absolute Gasteiger partial charge is 0.0918 e. The summed E-state index contributed by atoms with van der Waals surface area (Å²) in [6.07, 6.45) is 7.93. The Bertz CT molecular complexity index is 431. The van der Waals surface area contributed by atoms with E-state index in [9.17, 15) is 0 Å². The molecule has 5 nitrogen and oxygen atoms in total. The van der Waals surface area contributed by atoms with E-state index in [1.54, 1.807) is 0 Å². The maximum Gasteiger partial charge on any atom is 0.0918 e. The van der Waals surface area contributed by atoms with Crippen molar-refractivity contribution in [2.45, 2.75) is 64.6 Å². The molecule has 1 heterocycles. The molecule has 5 heteroatoms. The van der Waals surface area contributed by atoms with Crippen molar-refractivity contribution in [1.29, 1.82) is 5.41 Å². The largest absolute Gasteiger partial charge is 0.388 e. The lowest BCUT2D eigenvalue weighted by atomic mass is 10.2. The Morgan fingerprint density at radius 2 is 2.20 bits per heavy atom. The Hall–Kier alpha value is -1.36. The lowest BCUT2D eigenvalue weighted by Crippen LogP contribution is -2.33. The SMILES string of the molecule is CC(C)N(CCC(=N)N)Cc1ccn(C2CCCC2)n1. The first kappa shape index (κ1) is 15.0. The monoisotopic (exact) mass is 277 g/mol. The minimum atomic E-state index is 0.257. The molecule has 1 aliphatic carbocycles. The molecule has 0 bridgehead atoms. The second-order valence-electron chi connectivity index (χ2n) is 6.06. The molecule has 3 N–H and O–H groups in total. The average molecular weight is 277 g/mol. The number of aromatic nitrogens is 2. The maximum absolute atomic E-state index is 7.36. The molecule has 2 rings (SSSR count). The summed E-state index contributed by atoms with van der Waals surface area (Å²) >= 11 is 0. The molecule has 0 aromatic carbocycles. The summed E-state index contributed by atoms with van der Waals surface area (Å²) in [7, 11) is 0. The summed E-state index contributed by atoms with van der Waals surface area (Å²) in [6.45, 7) is 6.01. The number of nitrogens with zero attached hydrogens (tertiary/aromatic N) is 3. The van der Waals surface area contributed by atoms with E-state index in [1.165, 1.54) is 25.7 Å². The minimum Gasteiger partial charge on any atom is -0.388 e. The summed E-state index contributed by atoms with van der Waals surface area (Å²) in [5.74, 6) is 0.257. The average Bonchev–Trinajstić information content (AvgIpc) is 3.04. The second-order valence-corrected chi connectivity index (χ2v) is 6.06. The Morgan fingerprint density at radius 3 is 2.80 bits per heavy atom. The lowest BCUT2D eigenvalue weighted by molar-refractivity contribution is 0.215. The molecule has 0 unspecified atom stereocenters. The zero-order chi connectivity index (χ0) is 14.5. The van der Waals surface area contributed by atoms with Crippen LogP contribution in [-0.4, -0.2) is 33.1 Å². The van der Waals surface area contributed by atoms with Crippen LogP contribution in [0.1, 0.15) is 57.7 Å². The van der Waals surface area contributed by atoms with Crippen LogP contribution in [0.2, 0.25) is 0 Å². The molecule has 1 saturated carbocycles. The van der Waals surface area contributed by atoms with Gasteiger partial charge in [-0.2, -0.15) is 5.10 Å². The van der Waals surface area contributed by atoms with Gasteiger partial charge in [-0.25, -0.2) is 0 Å². The van der Waals surface area contributed by atoms with Crippen molar-refractivity contribution in [3.8, 4) is 0 Å². The summed E-state index contributed by atoms with van der Waals surface area (Å²) in [5, 5.41) is 12.1. The highest BCUT2D eigenvalue weighted by atomic mass is 15.3. The molecule has 0 aliphatic heterocycles. The molecular formula is C15H27N5. The van der Waals surface area contributed by atoms with Gasteiger partial charge in [0, 0.05) is 31.7 Å². The number of nitrogens with one attached hydrogen (secondary N) is 1. The fourth-order valence-electron chi connectivity index (χ4n) is 2.83. The minimum absolute atomic E-state index is 0.257. The molecular weight excluding hydrogens is 250 g/mol. The zero-order valence-electron chi connectivity index (χ0n) is 12.7. The Kier molecular flexibility index (Phi) is 5.17. The Labute approximate surface area is 121 Å². The molecule has 1 aliphatic rings. The predicted octanol–water partition coefficient (Wildman–Crippen LogP) is 2.53. The van der Waals surface area contributed by atoms with Crippen molar-refractivity contribution in [3.63, 3.8) is 0 Å². The van der Waals surface area contributed by atoms with Crippen molar-refractivity contribution in [3.05, 3.63) is 18.0 Å². The molecule has 0 spiro atoms. The third kappa shape index (κ3) is 4.07. The van der Waals surface area contributed by atoms with Gasteiger partial charge in [0.05, 0.1) is 17.6 Å². The van der Waals surface area contributed by atoms with E-state index >= 15 is 0 Å². The van der Waals surface area contributed by atoms with Crippen molar-refractivity contribution in [2.75, 3.05) is 6.54 Å². The standard InChI is InChI=1S/C15H27N5/c1-12(2)19(9-8-15(16)17)11-13-7-10-20(18-13)14-5-3-4-6-14/h7,10,12,14H,3-6,8-9,11H2,1-2H3,(H3,16,17). The van der Waals surface area contributed by atoms with Gasteiger partial charge in [0.25, 0.3) is 0 Å². The van der Waals surface area contributed by atoms with Gasteiger partial charge in [-0.15, -0.1) is 0 Å². The molecule has 1 aromatic heterocycles. The summed E-state index contributed by atoms with van der Waals surface area (Å²) in [4.78, 5) is 2.32. The molecule has 1 fully saturated rings. The second kappa shape index (κ2) is 6.88. The van der Waals surface area contributed by atoms with Gasteiger partial charge in [-0.05, 0) is 32.8 Å². The van der Waals surface area contributed by atoms with Gasteiger partial charge in [0.15, 0.2) is 0 Å². The van der Waals surface area contributed by atoms with Gasteiger partial charge < -0.3 is 5.73 Å². The molecule has 0 atom stereocenters. The number of hydrogen-bond acceptors (Lipinski definition) is 3. The van der Waals surface area contributed by atoms with Crippen molar-refractivity contribution < 1.29 is 0 Å². The van der Waals surface area contributed by atoms with Crippen LogP contribution in [-0.2, 0) is 6.54 Å². The van der Waals surface area contributed by atoms with Crippen LogP contribution >= 0.6 is 0 Å². The van der Waals surface area contributed by atoms with Crippen molar-refractivity contribution >= 4 is 5.84 Å². The lowest BCUT2D eigenvalue weighted by Gasteiger charge is -2.25. The van der Waals surface area contributed by atoms with Gasteiger partial charge in [-0.3, -0.25) is 15.0 Å². The topological polar surface area (TPSA) is 70.9 Å². The highest BCUT2D eigenvalue weighted by Gasteiger charge is 2.18. The van der Waals surface area contributed by atoms with E-state index in [2.05, 4.69) is 35.7 Å². The van der Waals surface area contributed by atoms with E-state index < -0.39 is 0 Å². The number of amidine groups is 1. The van der Waals surface area contributed by atoms with Gasteiger partial charge in [-0.1, -0.05) is 12.8 Å². The highest BCUT2D eigenvalue weighted by molar-refractivity contribution is 5.76. The first-order valence-electron chi connectivity index (χ1n) is 7.67. The van der Waals surface area contributed by atoms with Crippen LogP contribution < -0.4 is 5.73 Å². The number of hydrogen-bond donors (Lipinski definition) is 2. The van der Waals surface area contributed by atoms with Gasteiger partial charge in [0.1, 0.15) is 0 Å². The van der Waals surface area contributed by atoms with E-state index in [-0.39, 0.29) is 5.84 Å². The zero-order valence-corrected chi connectivity index (χ0v) is 12.7. The fourth-order valence-corrected chi connectivity index (χ4v) is 2.83. The van der Waals surface area contributed by atoms with Gasteiger partial charge in [0.2, 0.25) is 0 Å². The Morgan fingerprint density at radius 1 is 1.50 bits per heavy atom. The van der Waals surface area contributed by atoms with Crippen molar-refractivity contribution in [2.24, 2.45) is 5.73 Å². The van der Waals surface area contributed by atoms with E-state index in [0.717, 1.165) is 18.8 Å². The third-order valence-electron chi connectivity index (χ3n) is 4.13. The first-order valence-corrected chi connectivity index (χ1v) is 7.67. The van der Waals surface area contributed by atoms with Crippen LogP contribution in [0.3, 0.4) is 0 Å². The van der Waals surface area contributed by atoms with Crippen LogP contribution in [0.25, 0.3) is 0 Å². The van der Waals surface area contributed by atoms with Crippen LogP contribution in [0.4, 0.5) is 0 Å². The van der Waals surface area contributed by atoms with E-state index in [0.29, 0.717) is 18.5 Å². The van der Waals surface area contributed by atoms with Gasteiger partial charge >= 0.3 is 0 Å². The normalized spacial score (nSPS) is 16.4. The molecule has 0 saturated heterocycles. The van der Waals surface area contributed by atoms with E-state index in [4.69, 9.17) is 16.2 Å². The van der Waals surface area contributed by atoms with Crippen LogP contribution in [0.15, 0.2) is 12.3 Å². The first-order chi connectivity index (χ1) is 9.56. The summed E-state index contributed by atoms with van der Waals surface area (Å²) in [5.41, 5.74) is 6.58. The number of nitrogens with two attached hydrogens (primary N) is 1. The predicted molar refractivity (Wildman–Crippen MR) is 81.8 cm³/mol. The maximum atomic E-state index is 7.36. The molecule has 0 radical (unpaired) electrons. The Balaban J connectivity index is 1.94. The molecule has 112 valence electrons. The van der Waals surface area contributed by atoms with E-state index in [1.807, 2.05) is 0 Å². The molecule has 0 amide bonds. The molecule has 20 heavy (non-hydrogen) atoms. The summed E-state index contributed by atoms with van der Waals surface area (Å²) < 4.78 is 2.14. The fraction of sp³-hybridized carbons (Fsp3) is 0.733. The van der Waals surface area contributed by atoms with Crippen LogP contribution in [0, 0.1) is 5.41 Å². The summed E-state index contributed by atoms with van der Waals surface area (Å²) in [6, 6.07) is 3.17. The quantitative estimate of drug-likeness (QED) is 0.594. The third-order valence-corrected chi connectivity index (χ3v) is 4.13. The number of rotatable bonds is 7. The molecule has 1 aromatic rings. The highest BCUT2D eigenvalue weighted by Crippen LogP contribution is 2.28. The van der Waals surface area contributed by atoms with Crippen LogP contribution in [0.5, 0.6) is 0 Å². The van der Waals surface area contributed by atoms with Crippen molar-refractivity contribution in [1.82, 2.24) is 14.7 Å².